The first kappa shape index (κ1) is 15.3. The van der Waals surface area contributed by atoms with Gasteiger partial charge in [-0.3, -0.25) is 4.79 Å². The number of amides is 1. The summed E-state index contributed by atoms with van der Waals surface area (Å²) in [6.07, 6.45) is 0.441. The Morgan fingerprint density at radius 2 is 2.45 bits per heavy atom. The van der Waals surface area contributed by atoms with Crippen LogP contribution in [0.1, 0.15) is 6.42 Å². The average Bonchev–Trinajstić information content (AvgIpc) is 2.45. The molecule has 1 unspecified atom stereocenters. The fraction of sp³-hybridized carbons (Fsp3) is 0.500. The molecule has 110 valence electrons. The molecule has 6 heteroatoms. The molecule has 1 aliphatic heterocycles. The van der Waals surface area contributed by atoms with Crippen LogP contribution in [0.2, 0.25) is 0 Å². The molecule has 5 nitrogen and oxygen atoms in total. The maximum Gasteiger partial charge on any atom is 0.221 e. The third-order valence-electron chi connectivity index (χ3n) is 2.92. The van der Waals surface area contributed by atoms with Gasteiger partial charge in [0.05, 0.1) is 19.8 Å². The van der Waals surface area contributed by atoms with Crippen molar-refractivity contribution in [2.45, 2.75) is 12.5 Å². The van der Waals surface area contributed by atoms with Crippen LogP contribution in [0.4, 0.5) is 0 Å². The smallest absolute Gasteiger partial charge is 0.221 e. The molecule has 1 aromatic rings. The van der Waals surface area contributed by atoms with Crippen LogP contribution >= 0.6 is 15.9 Å². The van der Waals surface area contributed by atoms with E-state index in [4.69, 9.17) is 9.47 Å². The predicted octanol–water partition coefficient (Wildman–Crippen LogP) is 1.32. The zero-order chi connectivity index (χ0) is 14.2. The van der Waals surface area contributed by atoms with E-state index < -0.39 is 0 Å². The Morgan fingerprint density at radius 3 is 3.20 bits per heavy atom. The van der Waals surface area contributed by atoms with Gasteiger partial charge in [-0.1, -0.05) is 22.0 Å². The molecule has 0 aliphatic carbocycles. The van der Waals surface area contributed by atoms with Crippen LogP contribution < -0.4 is 15.4 Å². The Balaban J connectivity index is 1.59. The zero-order valence-electron chi connectivity index (χ0n) is 11.2. The summed E-state index contributed by atoms with van der Waals surface area (Å²) in [5.41, 5.74) is 0. The summed E-state index contributed by atoms with van der Waals surface area (Å²) in [5.74, 6) is 0.807. The largest absolute Gasteiger partial charge is 0.492 e. The Labute approximate surface area is 127 Å². The molecular weight excluding hydrogens is 324 g/mol. The number of carbonyl (C=O) groups is 1. The van der Waals surface area contributed by atoms with Crippen LogP contribution in [0.15, 0.2) is 28.7 Å². The third-order valence-corrected chi connectivity index (χ3v) is 3.41. The van der Waals surface area contributed by atoms with Gasteiger partial charge >= 0.3 is 0 Å². The number of nitrogens with one attached hydrogen (secondary N) is 2. The summed E-state index contributed by atoms with van der Waals surface area (Å²) in [4.78, 5) is 11.7. The van der Waals surface area contributed by atoms with Gasteiger partial charge in [0.25, 0.3) is 0 Å². The van der Waals surface area contributed by atoms with Crippen molar-refractivity contribution in [2.75, 3.05) is 32.9 Å². The Kier molecular flexibility index (Phi) is 6.29. The van der Waals surface area contributed by atoms with E-state index >= 15 is 0 Å². The van der Waals surface area contributed by atoms with Crippen molar-refractivity contribution < 1.29 is 14.3 Å². The van der Waals surface area contributed by atoms with E-state index in [1.807, 2.05) is 24.3 Å². The first-order valence-electron chi connectivity index (χ1n) is 6.70. The van der Waals surface area contributed by atoms with Gasteiger partial charge in [0.2, 0.25) is 5.91 Å². The second-order valence-corrected chi connectivity index (χ2v) is 5.50. The Hall–Kier alpha value is -1.11. The summed E-state index contributed by atoms with van der Waals surface area (Å²) >= 11 is 3.38. The van der Waals surface area contributed by atoms with Gasteiger partial charge in [-0.15, -0.1) is 0 Å². The molecular formula is C14H19BrN2O3. The van der Waals surface area contributed by atoms with Gasteiger partial charge in [-0.05, 0) is 18.2 Å². The summed E-state index contributed by atoms with van der Waals surface area (Å²) in [6.45, 7) is 3.08. The maximum absolute atomic E-state index is 11.7. The molecule has 1 saturated heterocycles. The van der Waals surface area contributed by atoms with E-state index in [1.54, 1.807) is 0 Å². The van der Waals surface area contributed by atoms with E-state index in [0.29, 0.717) is 26.2 Å². The van der Waals surface area contributed by atoms with E-state index in [1.165, 1.54) is 0 Å². The lowest BCUT2D eigenvalue weighted by molar-refractivity contribution is -0.122. The molecule has 0 saturated carbocycles. The van der Waals surface area contributed by atoms with E-state index in [9.17, 15) is 4.79 Å². The fourth-order valence-corrected chi connectivity index (χ4v) is 2.34. The van der Waals surface area contributed by atoms with E-state index in [-0.39, 0.29) is 11.9 Å². The van der Waals surface area contributed by atoms with Gasteiger partial charge < -0.3 is 20.1 Å². The predicted molar refractivity (Wildman–Crippen MR) is 79.9 cm³/mol. The number of hydrogen-bond acceptors (Lipinski definition) is 4. The fourth-order valence-electron chi connectivity index (χ4n) is 1.96. The van der Waals surface area contributed by atoms with Crippen LogP contribution in [0.5, 0.6) is 5.75 Å². The first-order valence-corrected chi connectivity index (χ1v) is 7.49. The van der Waals surface area contributed by atoms with Gasteiger partial charge in [-0.25, -0.2) is 0 Å². The molecule has 1 aliphatic rings. The summed E-state index contributed by atoms with van der Waals surface area (Å²) < 4.78 is 11.8. The first-order chi connectivity index (χ1) is 9.74. The van der Waals surface area contributed by atoms with Gasteiger partial charge in [0.15, 0.2) is 0 Å². The second-order valence-electron chi connectivity index (χ2n) is 4.59. The lowest BCUT2D eigenvalue weighted by Gasteiger charge is -2.23. The van der Waals surface area contributed by atoms with E-state index in [0.717, 1.165) is 23.4 Å². The number of halogens is 1. The second kappa shape index (κ2) is 8.24. The topological polar surface area (TPSA) is 59.6 Å². The summed E-state index contributed by atoms with van der Waals surface area (Å²) in [5, 5.41) is 6.09. The molecule has 0 aromatic heterocycles. The van der Waals surface area contributed by atoms with Crippen molar-refractivity contribution in [1.29, 1.82) is 0 Å². The lowest BCUT2D eigenvalue weighted by Crippen LogP contribution is -2.44. The molecule has 1 fully saturated rings. The number of ether oxygens (including phenoxy) is 2. The van der Waals surface area contributed by atoms with Crippen LogP contribution in [-0.4, -0.2) is 44.9 Å². The molecule has 1 heterocycles. The molecule has 2 N–H and O–H groups in total. The third kappa shape index (κ3) is 5.48. The van der Waals surface area contributed by atoms with Crippen molar-refractivity contribution in [3.05, 3.63) is 28.7 Å². The number of hydrogen-bond donors (Lipinski definition) is 2. The SMILES string of the molecule is O=C(CC1COCCN1)NCCOc1cccc(Br)c1. The molecule has 0 radical (unpaired) electrons. The van der Waals surface area contributed by atoms with Crippen molar-refractivity contribution in [3.8, 4) is 5.75 Å². The van der Waals surface area contributed by atoms with Gasteiger partial charge in [-0.2, -0.15) is 0 Å². The minimum absolute atomic E-state index is 0.0193. The van der Waals surface area contributed by atoms with Crippen LogP contribution in [0.25, 0.3) is 0 Å². The highest BCUT2D eigenvalue weighted by molar-refractivity contribution is 9.10. The maximum atomic E-state index is 11.7. The quantitative estimate of drug-likeness (QED) is 0.765. The van der Waals surface area contributed by atoms with Crippen molar-refractivity contribution in [1.82, 2.24) is 10.6 Å². The monoisotopic (exact) mass is 342 g/mol. The van der Waals surface area contributed by atoms with Crippen molar-refractivity contribution in [3.63, 3.8) is 0 Å². The number of morpholine rings is 1. The minimum Gasteiger partial charge on any atom is -0.492 e. The highest BCUT2D eigenvalue weighted by atomic mass is 79.9. The number of benzene rings is 1. The molecule has 1 aromatic carbocycles. The Bertz CT molecular complexity index is 436. The molecule has 1 amide bonds. The van der Waals surface area contributed by atoms with Crippen molar-refractivity contribution >= 4 is 21.8 Å². The molecule has 1 atom stereocenters. The van der Waals surface area contributed by atoms with Gasteiger partial charge in [0.1, 0.15) is 12.4 Å². The van der Waals surface area contributed by atoms with Gasteiger partial charge in [0, 0.05) is 23.5 Å². The number of rotatable bonds is 6. The standard InChI is InChI=1S/C14H19BrN2O3/c15-11-2-1-3-13(8-11)20-7-5-17-14(18)9-12-10-19-6-4-16-12/h1-3,8,12,16H,4-7,9-10H2,(H,17,18). The highest BCUT2D eigenvalue weighted by Gasteiger charge is 2.16. The molecule has 0 spiro atoms. The normalized spacial score (nSPS) is 18.6. The summed E-state index contributed by atoms with van der Waals surface area (Å²) in [6, 6.07) is 7.75. The Morgan fingerprint density at radius 1 is 1.55 bits per heavy atom. The highest BCUT2D eigenvalue weighted by Crippen LogP contribution is 2.17. The zero-order valence-corrected chi connectivity index (χ0v) is 12.8. The van der Waals surface area contributed by atoms with Crippen molar-refractivity contribution in [2.24, 2.45) is 0 Å². The molecule has 2 rings (SSSR count). The lowest BCUT2D eigenvalue weighted by atomic mass is 10.2. The van der Waals surface area contributed by atoms with Crippen LogP contribution in [0, 0.1) is 0 Å². The number of carbonyl (C=O) groups excluding carboxylic acids is 1. The minimum atomic E-state index is 0.0193. The van der Waals surface area contributed by atoms with Crippen LogP contribution in [0.3, 0.4) is 0 Å². The molecule has 0 bridgehead atoms. The van der Waals surface area contributed by atoms with E-state index in [2.05, 4.69) is 26.6 Å². The average molecular weight is 343 g/mol. The molecule has 20 heavy (non-hydrogen) atoms. The van der Waals surface area contributed by atoms with Crippen LogP contribution in [-0.2, 0) is 9.53 Å². The summed E-state index contributed by atoms with van der Waals surface area (Å²) in [7, 11) is 0.